The summed E-state index contributed by atoms with van der Waals surface area (Å²) >= 11 is 6.11. The van der Waals surface area contributed by atoms with Gasteiger partial charge in [-0.05, 0) is 86.5 Å². The molecule has 0 aliphatic heterocycles. The second kappa shape index (κ2) is 13.5. The number of methoxy groups -OCH3 is 2. The van der Waals surface area contributed by atoms with Gasteiger partial charge in [-0.25, -0.2) is 9.18 Å². The summed E-state index contributed by atoms with van der Waals surface area (Å²) in [6, 6.07) is 22.2. The lowest BCUT2D eigenvalue weighted by Crippen LogP contribution is -2.40. The van der Waals surface area contributed by atoms with E-state index in [1.807, 2.05) is 20.8 Å². The maximum absolute atomic E-state index is 14.3. The summed E-state index contributed by atoms with van der Waals surface area (Å²) in [5.41, 5.74) is 1.68. The van der Waals surface area contributed by atoms with E-state index in [9.17, 15) is 14.0 Å². The SMILES string of the molecule is COc1ccc(NC(=O)Nc2ccc(OC(c3ccc(Cl)cc3)c3cccc(F)c3)c(C(=O)NC(C)(C)C)c2)cc1OC. The van der Waals surface area contributed by atoms with Gasteiger partial charge in [0.2, 0.25) is 0 Å². The highest BCUT2D eigenvalue weighted by Gasteiger charge is 2.24. The molecule has 4 aromatic carbocycles. The molecule has 0 radical (unpaired) electrons. The molecule has 0 aliphatic rings. The number of amides is 3. The monoisotopic (exact) mass is 605 g/mol. The first kappa shape index (κ1) is 31.2. The van der Waals surface area contributed by atoms with Crippen LogP contribution in [0.15, 0.2) is 84.9 Å². The van der Waals surface area contributed by atoms with Crippen LogP contribution in [0.3, 0.4) is 0 Å². The van der Waals surface area contributed by atoms with Crippen molar-refractivity contribution in [2.75, 3.05) is 24.9 Å². The smallest absolute Gasteiger partial charge is 0.323 e. The third kappa shape index (κ3) is 8.39. The molecule has 3 N–H and O–H groups in total. The molecule has 0 saturated heterocycles. The van der Waals surface area contributed by atoms with Crippen LogP contribution in [-0.4, -0.2) is 31.7 Å². The normalized spacial score (nSPS) is 11.7. The van der Waals surface area contributed by atoms with E-state index < -0.39 is 29.4 Å². The van der Waals surface area contributed by atoms with E-state index >= 15 is 0 Å². The average molecular weight is 606 g/mol. The molecule has 0 spiro atoms. The molecule has 0 fully saturated rings. The van der Waals surface area contributed by atoms with Crippen LogP contribution < -0.4 is 30.2 Å². The Morgan fingerprint density at radius 3 is 2.00 bits per heavy atom. The third-order valence-electron chi connectivity index (χ3n) is 6.18. The molecule has 0 aliphatic carbocycles. The molecule has 43 heavy (non-hydrogen) atoms. The number of benzene rings is 4. The second-order valence-corrected chi connectivity index (χ2v) is 11.1. The Bertz CT molecular complexity index is 1610. The van der Waals surface area contributed by atoms with Crippen LogP contribution in [0.1, 0.15) is 48.4 Å². The first-order valence-corrected chi connectivity index (χ1v) is 13.8. The largest absolute Gasteiger partial charge is 0.493 e. The fraction of sp³-hybridized carbons (Fsp3) is 0.212. The number of nitrogens with one attached hydrogen (secondary N) is 3. The molecular weight excluding hydrogens is 573 g/mol. The summed E-state index contributed by atoms with van der Waals surface area (Å²) in [7, 11) is 3.02. The lowest BCUT2D eigenvalue weighted by atomic mass is 10.0. The summed E-state index contributed by atoms with van der Waals surface area (Å²) in [5, 5.41) is 8.96. The molecule has 10 heteroatoms. The number of carbonyl (C=O) groups is 2. The van der Waals surface area contributed by atoms with Gasteiger partial charge in [-0.15, -0.1) is 0 Å². The molecule has 8 nitrogen and oxygen atoms in total. The van der Waals surface area contributed by atoms with Crippen molar-refractivity contribution >= 4 is 34.9 Å². The maximum atomic E-state index is 14.3. The average Bonchev–Trinajstić information content (AvgIpc) is 2.96. The minimum Gasteiger partial charge on any atom is -0.493 e. The first-order valence-electron chi connectivity index (χ1n) is 13.4. The van der Waals surface area contributed by atoms with E-state index in [-0.39, 0.29) is 11.3 Å². The Hall–Kier alpha value is -4.76. The number of ether oxygens (including phenoxy) is 3. The zero-order valence-corrected chi connectivity index (χ0v) is 25.2. The Balaban J connectivity index is 1.66. The molecule has 4 aromatic rings. The van der Waals surface area contributed by atoms with Crippen molar-refractivity contribution in [3.63, 3.8) is 0 Å². The molecular formula is C33H33ClFN3O5. The summed E-state index contributed by atoms with van der Waals surface area (Å²) in [6.45, 7) is 5.56. The molecule has 4 rings (SSSR count). The van der Waals surface area contributed by atoms with E-state index in [1.165, 1.54) is 32.4 Å². The number of carbonyl (C=O) groups excluding carboxylic acids is 2. The minimum atomic E-state index is -0.763. The summed E-state index contributed by atoms with van der Waals surface area (Å²) in [4.78, 5) is 26.3. The van der Waals surface area contributed by atoms with Crippen molar-refractivity contribution in [1.29, 1.82) is 0 Å². The predicted octanol–water partition coefficient (Wildman–Crippen LogP) is 7.84. The van der Waals surface area contributed by atoms with Crippen LogP contribution in [-0.2, 0) is 0 Å². The van der Waals surface area contributed by atoms with Crippen LogP contribution in [0, 0.1) is 5.82 Å². The molecule has 1 atom stereocenters. The van der Waals surface area contributed by atoms with Gasteiger partial charge in [0.05, 0.1) is 19.8 Å². The highest BCUT2D eigenvalue weighted by molar-refractivity contribution is 6.30. The standard InChI is InChI=1S/C33H33ClFN3O5/c1-33(2,3)38-31(39)26-18-24(36-32(40)37-25-14-16-28(41-4)29(19-25)42-5)13-15-27(26)43-30(20-9-11-22(34)12-10-20)21-7-6-8-23(35)17-21/h6-19,30H,1-5H3,(H,38,39)(H2,36,37,40). The molecule has 0 saturated carbocycles. The van der Waals surface area contributed by atoms with Gasteiger partial charge in [0.1, 0.15) is 17.7 Å². The molecule has 0 aromatic heterocycles. The molecule has 3 amide bonds. The van der Waals surface area contributed by atoms with Gasteiger partial charge in [-0.1, -0.05) is 35.9 Å². The van der Waals surface area contributed by atoms with Crippen LogP contribution in [0.25, 0.3) is 0 Å². The predicted molar refractivity (Wildman–Crippen MR) is 166 cm³/mol. The summed E-state index contributed by atoms with van der Waals surface area (Å²) in [6.07, 6.45) is -0.763. The Kier molecular flexibility index (Phi) is 9.77. The van der Waals surface area contributed by atoms with E-state index in [4.69, 9.17) is 25.8 Å². The fourth-order valence-corrected chi connectivity index (χ4v) is 4.39. The van der Waals surface area contributed by atoms with E-state index in [2.05, 4.69) is 16.0 Å². The fourth-order valence-electron chi connectivity index (χ4n) is 4.27. The van der Waals surface area contributed by atoms with Crippen molar-refractivity contribution < 1.29 is 28.2 Å². The second-order valence-electron chi connectivity index (χ2n) is 10.7. The molecule has 0 heterocycles. The van der Waals surface area contributed by atoms with Crippen LogP contribution in [0.2, 0.25) is 5.02 Å². The van der Waals surface area contributed by atoms with Gasteiger partial charge >= 0.3 is 6.03 Å². The van der Waals surface area contributed by atoms with Gasteiger partial charge in [0.25, 0.3) is 5.91 Å². The van der Waals surface area contributed by atoms with Crippen molar-refractivity contribution in [1.82, 2.24) is 5.32 Å². The van der Waals surface area contributed by atoms with Crippen LogP contribution in [0.5, 0.6) is 17.2 Å². The molecule has 1 unspecified atom stereocenters. The zero-order valence-electron chi connectivity index (χ0n) is 24.5. The number of rotatable bonds is 9. The van der Waals surface area contributed by atoms with E-state index in [1.54, 1.807) is 66.7 Å². The highest BCUT2D eigenvalue weighted by atomic mass is 35.5. The Morgan fingerprint density at radius 1 is 0.767 bits per heavy atom. The minimum absolute atomic E-state index is 0.175. The third-order valence-corrected chi connectivity index (χ3v) is 6.43. The highest BCUT2D eigenvalue weighted by Crippen LogP contribution is 2.34. The molecule has 224 valence electrons. The first-order chi connectivity index (χ1) is 20.5. The molecule has 0 bridgehead atoms. The van der Waals surface area contributed by atoms with Crippen molar-refractivity contribution in [3.8, 4) is 17.2 Å². The number of hydrogen-bond donors (Lipinski definition) is 3. The van der Waals surface area contributed by atoms with Gasteiger partial charge in [-0.2, -0.15) is 0 Å². The van der Waals surface area contributed by atoms with Crippen LogP contribution in [0.4, 0.5) is 20.6 Å². The van der Waals surface area contributed by atoms with E-state index in [0.717, 1.165) is 0 Å². The van der Waals surface area contributed by atoms with E-state index in [0.29, 0.717) is 39.0 Å². The van der Waals surface area contributed by atoms with Gasteiger partial charge in [0, 0.05) is 28.0 Å². The van der Waals surface area contributed by atoms with Gasteiger partial charge < -0.3 is 30.2 Å². The zero-order chi connectivity index (χ0) is 31.1. The number of halogens is 2. The number of anilines is 2. The Morgan fingerprint density at radius 2 is 1.40 bits per heavy atom. The topological polar surface area (TPSA) is 97.9 Å². The van der Waals surface area contributed by atoms with Crippen molar-refractivity contribution in [2.24, 2.45) is 0 Å². The summed E-state index contributed by atoms with van der Waals surface area (Å²) < 4.78 is 31.2. The van der Waals surface area contributed by atoms with Crippen molar-refractivity contribution in [3.05, 3.63) is 112 Å². The van der Waals surface area contributed by atoms with Gasteiger partial charge in [-0.3, -0.25) is 4.79 Å². The number of urea groups is 1. The summed E-state index contributed by atoms with van der Waals surface area (Å²) in [5.74, 6) is 0.369. The quantitative estimate of drug-likeness (QED) is 0.181. The number of hydrogen-bond acceptors (Lipinski definition) is 5. The maximum Gasteiger partial charge on any atom is 0.323 e. The lowest BCUT2D eigenvalue weighted by molar-refractivity contribution is 0.0913. The van der Waals surface area contributed by atoms with Crippen LogP contribution >= 0.6 is 11.6 Å². The van der Waals surface area contributed by atoms with Gasteiger partial charge in [0.15, 0.2) is 11.5 Å². The lowest BCUT2D eigenvalue weighted by Gasteiger charge is -2.25. The Labute approximate surface area is 255 Å². The van der Waals surface area contributed by atoms with Crippen molar-refractivity contribution in [2.45, 2.75) is 32.4 Å².